The number of hydrogen-bond donors (Lipinski definition) is 1. The van der Waals surface area contributed by atoms with E-state index in [4.69, 9.17) is 0 Å². The minimum absolute atomic E-state index is 0.195. The van der Waals surface area contributed by atoms with Gasteiger partial charge >= 0.3 is 6.61 Å². The summed E-state index contributed by atoms with van der Waals surface area (Å²) in [6.45, 7) is 2.86. The molecule has 0 fully saturated rings. The van der Waals surface area contributed by atoms with Crippen molar-refractivity contribution in [3.05, 3.63) is 33.8 Å². The maximum atomic E-state index is 12.4. The molecule has 0 atom stereocenters. The smallest absolute Gasteiger partial charge is 0.387 e. The summed E-state index contributed by atoms with van der Waals surface area (Å²) in [6, 6.07) is 5.01. The second-order valence-electron chi connectivity index (χ2n) is 4.00. The third kappa shape index (κ3) is 5.70. The van der Waals surface area contributed by atoms with Crippen molar-refractivity contribution in [3.8, 4) is 5.75 Å². The number of halogens is 3. The lowest BCUT2D eigenvalue weighted by Crippen LogP contribution is -2.15. The highest BCUT2D eigenvalue weighted by atomic mass is 79.9. The van der Waals surface area contributed by atoms with Gasteiger partial charge in [-0.1, -0.05) is 41.4 Å². The second kappa shape index (κ2) is 8.27. The molecule has 0 saturated heterocycles. The minimum atomic E-state index is -2.81. The van der Waals surface area contributed by atoms with Gasteiger partial charge in [-0.05, 0) is 31.2 Å². The summed E-state index contributed by atoms with van der Waals surface area (Å²) in [5.74, 6) is 0.195. The number of likely N-dealkylation sites (N-methyl/N-ethyl adjacent to an activating group) is 1. The first-order valence-corrected chi connectivity index (χ1v) is 7.00. The van der Waals surface area contributed by atoms with E-state index in [2.05, 4.69) is 26.0 Å². The zero-order chi connectivity index (χ0) is 14.3. The first kappa shape index (κ1) is 16.1. The molecule has 0 radical (unpaired) electrons. The molecular weight excluding hydrogens is 316 g/mol. The Labute approximate surface area is 121 Å². The fraction of sp³-hybridized carbons (Fsp3) is 0.429. The molecule has 0 aliphatic carbocycles. The number of ether oxygens (including phenoxy) is 1. The van der Waals surface area contributed by atoms with E-state index < -0.39 is 6.61 Å². The fourth-order valence-electron chi connectivity index (χ4n) is 1.62. The van der Waals surface area contributed by atoms with Crippen LogP contribution in [0.1, 0.15) is 25.8 Å². The Balaban J connectivity index is 3.01. The highest BCUT2D eigenvalue weighted by molar-refractivity contribution is 9.10. The lowest BCUT2D eigenvalue weighted by Gasteiger charge is -2.11. The van der Waals surface area contributed by atoms with Gasteiger partial charge in [-0.2, -0.15) is 8.78 Å². The van der Waals surface area contributed by atoms with Crippen molar-refractivity contribution in [2.45, 2.75) is 26.9 Å². The molecule has 1 aromatic carbocycles. The number of nitrogens with one attached hydrogen (secondary N) is 1. The Bertz CT molecular complexity index is 435. The van der Waals surface area contributed by atoms with E-state index in [1.165, 1.54) is 0 Å². The van der Waals surface area contributed by atoms with Crippen LogP contribution >= 0.6 is 15.9 Å². The second-order valence-corrected chi connectivity index (χ2v) is 4.91. The van der Waals surface area contributed by atoms with Crippen molar-refractivity contribution in [2.75, 3.05) is 13.1 Å². The molecule has 0 bridgehead atoms. The first-order valence-electron chi connectivity index (χ1n) is 6.21. The predicted octanol–water partition coefficient (Wildman–Crippen LogP) is 4.45. The lowest BCUT2D eigenvalue weighted by atomic mass is 10.1. The number of alkyl halides is 2. The quantitative estimate of drug-likeness (QED) is 0.795. The van der Waals surface area contributed by atoms with Gasteiger partial charge in [0, 0.05) is 16.6 Å². The molecule has 1 N–H and O–H groups in total. The Kier molecular flexibility index (Phi) is 7.02. The average Bonchev–Trinajstić information content (AvgIpc) is 2.37. The average molecular weight is 334 g/mol. The highest BCUT2D eigenvalue weighted by Crippen LogP contribution is 2.27. The van der Waals surface area contributed by atoms with Crippen molar-refractivity contribution in [3.63, 3.8) is 0 Å². The van der Waals surface area contributed by atoms with Crippen molar-refractivity contribution in [1.29, 1.82) is 0 Å². The van der Waals surface area contributed by atoms with Gasteiger partial charge in [0.05, 0.1) is 0 Å². The van der Waals surface area contributed by atoms with Gasteiger partial charge in [0.2, 0.25) is 0 Å². The molecule has 0 heterocycles. The molecular formula is C14H18BrF2NO. The normalized spacial score (nSPS) is 12.0. The van der Waals surface area contributed by atoms with Crippen LogP contribution in [0.4, 0.5) is 8.78 Å². The molecule has 0 unspecified atom stereocenters. The summed E-state index contributed by atoms with van der Waals surface area (Å²) in [6.07, 6.45) is 2.75. The minimum Gasteiger partial charge on any atom is -0.434 e. The Morgan fingerprint density at radius 3 is 2.74 bits per heavy atom. The van der Waals surface area contributed by atoms with E-state index >= 15 is 0 Å². The molecule has 0 aliphatic heterocycles. The molecule has 1 aromatic rings. The van der Waals surface area contributed by atoms with Gasteiger partial charge in [0.1, 0.15) is 5.75 Å². The summed E-state index contributed by atoms with van der Waals surface area (Å²) in [7, 11) is 0. The standard InChI is InChI=1S/C14H18BrF2NO/c1-3-10(9-18-4-2)7-11-8-12(15)5-6-13(11)19-14(16)17/h5-8,14,18H,3-4,9H2,1-2H3. The molecule has 0 aromatic heterocycles. The van der Waals surface area contributed by atoms with Crippen LogP contribution in [0.2, 0.25) is 0 Å². The van der Waals surface area contributed by atoms with Crippen LogP contribution in [-0.2, 0) is 0 Å². The van der Waals surface area contributed by atoms with Crippen molar-refractivity contribution in [1.82, 2.24) is 5.32 Å². The zero-order valence-electron chi connectivity index (χ0n) is 11.1. The molecule has 5 heteroatoms. The monoisotopic (exact) mass is 333 g/mol. The van der Waals surface area contributed by atoms with Crippen LogP contribution in [0.25, 0.3) is 6.08 Å². The summed E-state index contributed by atoms with van der Waals surface area (Å²) < 4.78 is 30.1. The van der Waals surface area contributed by atoms with E-state index in [1.54, 1.807) is 18.2 Å². The SMILES string of the molecule is CCNCC(=Cc1cc(Br)ccc1OC(F)F)CC. The van der Waals surface area contributed by atoms with Crippen LogP contribution in [0.5, 0.6) is 5.75 Å². The topological polar surface area (TPSA) is 21.3 Å². The van der Waals surface area contributed by atoms with Crippen LogP contribution < -0.4 is 10.1 Å². The summed E-state index contributed by atoms with van der Waals surface area (Å²) in [5, 5.41) is 3.23. The number of hydrogen-bond acceptors (Lipinski definition) is 2. The molecule has 2 nitrogen and oxygen atoms in total. The fourth-order valence-corrected chi connectivity index (χ4v) is 2.00. The van der Waals surface area contributed by atoms with Crippen molar-refractivity contribution in [2.24, 2.45) is 0 Å². The van der Waals surface area contributed by atoms with Crippen LogP contribution in [0.3, 0.4) is 0 Å². The van der Waals surface area contributed by atoms with E-state index in [9.17, 15) is 8.78 Å². The summed E-state index contributed by atoms with van der Waals surface area (Å²) >= 11 is 3.34. The molecule has 106 valence electrons. The third-order valence-corrected chi connectivity index (χ3v) is 3.10. The van der Waals surface area contributed by atoms with Crippen molar-refractivity contribution >= 4 is 22.0 Å². The largest absolute Gasteiger partial charge is 0.434 e. The van der Waals surface area contributed by atoms with E-state index in [-0.39, 0.29) is 5.75 Å². The van der Waals surface area contributed by atoms with Gasteiger partial charge in [0.15, 0.2) is 0 Å². The van der Waals surface area contributed by atoms with Gasteiger partial charge in [-0.15, -0.1) is 0 Å². The van der Waals surface area contributed by atoms with E-state index in [0.29, 0.717) is 5.56 Å². The lowest BCUT2D eigenvalue weighted by molar-refractivity contribution is -0.0500. The van der Waals surface area contributed by atoms with Crippen LogP contribution in [-0.4, -0.2) is 19.7 Å². The Morgan fingerprint density at radius 1 is 1.42 bits per heavy atom. The molecule has 0 spiro atoms. The molecule has 19 heavy (non-hydrogen) atoms. The maximum absolute atomic E-state index is 12.4. The van der Waals surface area contributed by atoms with E-state index in [0.717, 1.165) is 29.6 Å². The van der Waals surface area contributed by atoms with Crippen LogP contribution in [0.15, 0.2) is 28.2 Å². The molecule has 0 amide bonds. The van der Waals surface area contributed by atoms with Gasteiger partial charge in [-0.3, -0.25) is 0 Å². The Morgan fingerprint density at radius 2 is 2.16 bits per heavy atom. The molecule has 1 rings (SSSR count). The summed E-state index contributed by atoms with van der Waals surface area (Å²) in [5.41, 5.74) is 1.79. The van der Waals surface area contributed by atoms with Gasteiger partial charge in [0.25, 0.3) is 0 Å². The zero-order valence-corrected chi connectivity index (χ0v) is 12.6. The molecule has 0 aliphatic rings. The van der Waals surface area contributed by atoms with Gasteiger partial charge < -0.3 is 10.1 Å². The van der Waals surface area contributed by atoms with Crippen molar-refractivity contribution < 1.29 is 13.5 Å². The first-order chi connectivity index (χ1) is 9.06. The predicted molar refractivity (Wildman–Crippen MR) is 77.6 cm³/mol. The highest BCUT2D eigenvalue weighted by Gasteiger charge is 2.09. The third-order valence-electron chi connectivity index (χ3n) is 2.60. The Hall–Kier alpha value is -0.940. The number of rotatable bonds is 7. The van der Waals surface area contributed by atoms with E-state index in [1.807, 2.05) is 19.9 Å². The number of benzene rings is 1. The summed E-state index contributed by atoms with van der Waals surface area (Å²) in [4.78, 5) is 0. The van der Waals surface area contributed by atoms with Crippen LogP contribution in [0, 0.1) is 0 Å². The molecule has 0 saturated carbocycles. The maximum Gasteiger partial charge on any atom is 0.387 e. The van der Waals surface area contributed by atoms with Gasteiger partial charge in [-0.25, -0.2) is 0 Å².